The molecule has 1 aliphatic heterocycles. The van der Waals surface area contributed by atoms with E-state index in [2.05, 4.69) is 6.07 Å². The molecule has 4 nitrogen and oxygen atoms in total. The Labute approximate surface area is 155 Å². The van der Waals surface area contributed by atoms with E-state index in [9.17, 15) is 9.18 Å². The molecule has 0 spiro atoms. The van der Waals surface area contributed by atoms with E-state index in [1.54, 1.807) is 23.5 Å². The van der Waals surface area contributed by atoms with Crippen LogP contribution >= 0.6 is 11.3 Å². The quantitative estimate of drug-likeness (QED) is 0.676. The molecule has 1 unspecified atom stereocenters. The summed E-state index contributed by atoms with van der Waals surface area (Å²) >= 11 is 1.65. The van der Waals surface area contributed by atoms with E-state index in [1.807, 2.05) is 23.1 Å². The normalized spacial score (nSPS) is 17.4. The van der Waals surface area contributed by atoms with Crippen LogP contribution in [0.3, 0.4) is 0 Å². The van der Waals surface area contributed by atoms with Crippen LogP contribution in [0.2, 0.25) is 0 Å². The zero-order valence-corrected chi connectivity index (χ0v) is 15.0. The van der Waals surface area contributed by atoms with E-state index in [4.69, 9.17) is 9.72 Å². The third kappa shape index (κ3) is 3.55. The van der Waals surface area contributed by atoms with Crippen LogP contribution in [0.25, 0.3) is 10.2 Å². The molecule has 0 saturated carbocycles. The molecule has 0 N–H and O–H groups in total. The van der Waals surface area contributed by atoms with Crippen molar-refractivity contribution in [2.24, 2.45) is 0 Å². The van der Waals surface area contributed by atoms with Crippen molar-refractivity contribution in [3.63, 3.8) is 0 Å². The summed E-state index contributed by atoms with van der Waals surface area (Å²) in [6.07, 6.45) is 2.97. The third-order valence-electron chi connectivity index (χ3n) is 4.58. The number of carbonyl (C=O) groups excluding carboxylic acids is 1. The molecule has 26 heavy (non-hydrogen) atoms. The van der Waals surface area contributed by atoms with Crippen molar-refractivity contribution in [2.45, 2.75) is 25.3 Å². The standard InChI is InChI=1S/C20H19FN2O2S/c21-14-6-5-7-15(12-14)25-13-19(24)23-11-4-3-9-17(23)20-22-16-8-1-2-10-18(16)26-20/h1-2,5-8,10,12,17H,3-4,9,11,13H2. The van der Waals surface area contributed by atoms with Gasteiger partial charge in [0.15, 0.2) is 6.61 Å². The Balaban J connectivity index is 1.50. The van der Waals surface area contributed by atoms with E-state index < -0.39 is 0 Å². The number of likely N-dealkylation sites (tertiary alicyclic amines) is 1. The van der Waals surface area contributed by atoms with E-state index in [0.717, 1.165) is 34.5 Å². The van der Waals surface area contributed by atoms with Crippen molar-refractivity contribution in [2.75, 3.05) is 13.2 Å². The van der Waals surface area contributed by atoms with Crippen molar-refractivity contribution in [3.05, 3.63) is 59.4 Å². The number of aromatic nitrogens is 1. The van der Waals surface area contributed by atoms with E-state index >= 15 is 0 Å². The lowest BCUT2D eigenvalue weighted by atomic mass is 10.0. The summed E-state index contributed by atoms with van der Waals surface area (Å²) in [5.41, 5.74) is 0.974. The smallest absolute Gasteiger partial charge is 0.261 e. The fraction of sp³-hybridized carbons (Fsp3) is 0.300. The van der Waals surface area contributed by atoms with Gasteiger partial charge >= 0.3 is 0 Å². The summed E-state index contributed by atoms with van der Waals surface area (Å²) in [5, 5.41) is 0.977. The fourth-order valence-corrected chi connectivity index (χ4v) is 4.42. The Kier molecular flexibility index (Phi) is 4.84. The predicted molar refractivity (Wildman–Crippen MR) is 99.8 cm³/mol. The van der Waals surface area contributed by atoms with Crippen molar-refractivity contribution in [3.8, 4) is 5.75 Å². The topological polar surface area (TPSA) is 42.4 Å². The molecule has 0 radical (unpaired) electrons. The lowest BCUT2D eigenvalue weighted by Gasteiger charge is -2.34. The van der Waals surface area contributed by atoms with E-state index in [-0.39, 0.29) is 24.4 Å². The Bertz CT molecular complexity index is 894. The second kappa shape index (κ2) is 7.41. The number of benzene rings is 2. The highest BCUT2D eigenvalue weighted by atomic mass is 32.1. The Hall–Kier alpha value is -2.47. The summed E-state index contributed by atoms with van der Waals surface area (Å²) in [6.45, 7) is 0.608. The molecule has 0 aliphatic carbocycles. The first-order valence-corrected chi connectivity index (χ1v) is 9.56. The highest BCUT2D eigenvalue weighted by Gasteiger charge is 2.30. The molecule has 1 amide bonds. The predicted octanol–water partition coefficient (Wildman–Crippen LogP) is 4.57. The number of halogens is 1. The van der Waals surface area contributed by atoms with Gasteiger partial charge in [0.25, 0.3) is 5.91 Å². The average molecular weight is 370 g/mol. The zero-order chi connectivity index (χ0) is 17.9. The van der Waals surface area contributed by atoms with Gasteiger partial charge in [-0.15, -0.1) is 11.3 Å². The molecule has 0 bridgehead atoms. The second-order valence-electron chi connectivity index (χ2n) is 6.36. The summed E-state index contributed by atoms with van der Waals surface area (Å²) in [4.78, 5) is 19.3. The number of rotatable bonds is 4. The number of piperidine rings is 1. The Morgan fingerprint density at radius 1 is 1.23 bits per heavy atom. The van der Waals surface area contributed by atoms with Crippen molar-refractivity contribution in [1.82, 2.24) is 9.88 Å². The highest BCUT2D eigenvalue weighted by molar-refractivity contribution is 7.18. The summed E-state index contributed by atoms with van der Waals surface area (Å²) in [6, 6.07) is 13.9. The second-order valence-corrected chi connectivity index (χ2v) is 7.43. The number of amides is 1. The van der Waals surface area contributed by atoms with Crippen molar-refractivity contribution in [1.29, 1.82) is 0 Å². The molecular weight excluding hydrogens is 351 g/mol. The van der Waals surface area contributed by atoms with Gasteiger partial charge in [-0.3, -0.25) is 4.79 Å². The van der Waals surface area contributed by atoms with Crippen LogP contribution in [0, 0.1) is 5.82 Å². The first kappa shape index (κ1) is 17.0. The van der Waals surface area contributed by atoms with Crippen molar-refractivity contribution >= 4 is 27.5 Å². The highest BCUT2D eigenvalue weighted by Crippen LogP contribution is 2.35. The molecule has 1 aliphatic rings. The minimum atomic E-state index is -0.375. The zero-order valence-electron chi connectivity index (χ0n) is 14.2. The Morgan fingerprint density at radius 2 is 2.12 bits per heavy atom. The molecule has 1 saturated heterocycles. The molecule has 2 aromatic carbocycles. The number of para-hydroxylation sites is 1. The molecule has 2 heterocycles. The minimum absolute atomic E-state index is 0.00948. The molecule has 1 aromatic heterocycles. The van der Waals surface area contributed by atoms with Crippen LogP contribution in [0.1, 0.15) is 30.3 Å². The largest absolute Gasteiger partial charge is 0.484 e. The third-order valence-corrected chi connectivity index (χ3v) is 5.71. The molecule has 4 rings (SSSR count). The maximum atomic E-state index is 13.2. The fourth-order valence-electron chi connectivity index (χ4n) is 3.30. The molecular formula is C20H19FN2O2S. The van der Waals surface area contributed by atoms with E-state index in [1.165, 1.54) is 12.1 Å². The number of fused-ring (bicyclic) bond motifs is 1. The summed E-state index contributed by atoms with van der Waals surface area (Å²) in [7, 11) is 0. The van der Waals surface area contributed by atoms with Crippen LogP contribution in [-0.4, -0.2) is 28.9 Å². The molecule has 134 valence electrons. The van der Waals surface area contributed by atoms with Crippen LogP contribution in [0.5, 0.6) is 5.75 Å². The van der Waals surface area contributed by atoms with Gasteiger partial charge in [-0.2, -0.15) is 0 Å². The van der Waals surface area contributed by atoms with E-state index in [0.29, 0.717) is 12.3 Å². The maximum Gasteiger partial charge on any atom is 0.261 e. The van der Waals surface area contributed by atoms with Crippen LogP contribution in [-0.2, 0) is 4.79 Å². The molecule has 1 atom stereocenters. The monoisotopic (exact) mass is 370 g/mol. The first-order valence-electron chi connectivity index (χ1n) is 8.74. The van der Waals surface area contributed by atoms with Gasteiger partial charge < -0.3 is 9.64 Å². The number of hydrogen-bond acceptors (Lipinski definition) is 4. The number of thiazole rings is 1. The molecule has 6 heteroatoms. The van der Waals surface area contributed by atoms with Gasteiger partial charge in [0, 0.05) is 12.6 Å². The van der Waals surface area contributed by atoms with Crippen LogP contribution in [0.4, 0.5) is 4.39 Å². The van der Waals surface area contributed by atoms with Gasteiger partial charge in [0.05, 0.1) is 16.3 Å². The van der Waals surface area contributed by atoms with Gasteiger partial charge in [0.2, 0.25) is 0 Å². The molecule has 1 fully saturated rings. The summed E-state index contributed by atoms with van der Waals surface area (Å²) < 4.78 is 19.9. The minimum Gasteiger partial charge on any atom is -0.484 e. The summed E-state index contributed by atoms with van der Waals surface area (Å²) in [5.74, 6) is -0.0922. The first-order chi connectivity index (χ1) is 12.7. The van der Waals surface area contributed by atoms with Gasteiger partial charge in [-0.1, -0.05) is 18.2 Å². The SMILES string of the molecule is O=C(COc1cccc(F)c1)N1CCCCC1c1nc2ccccc2s1. The average Bonchev–Trinajstić information content (AvgIpc) is 3.10. The number of ether oxygens (including phenoxy) is 1. The van der Waals surface area contributed by atoms with Gasteiger partial charge in [-0.25, -0.2) is 9.37 Å². The van der Waals surface area contributed by atoms with Gasteiger partial charge in [0.1, 0.15) is 16.6 Å². The lowest BCUT2D eigenvalue weighted by molar-refractivity contribution is -0.137. The van der Waals surface area contributed by atoms with Gasteiger partial charge in [-0.05, 0) is 43.5 Å². The maximum absolute atomic E-state index is 13.2. The van der Waals surface area contributed by atoms with Crippen LogP contribution < -0.4 is 4.74 Å². The lowest BCUT2D eigenvalue weighted by Crippen LogP contribution is -2.41. The van der Waals surface area contributed by atoms with Crippen molar-refractivity contribution < 1.29 is 13.9 Å². The molecule has 3 aromatic rings. The van der Waals surface area contributed by atoms with Crippen LogP contribution in [0.15, 0.2) is 48.5 Å². The number of nitrogens with zero attached hydrogens (tertiary/aromatic N) is 2. The number of hydrogen-bond donors (Lipinski definition) is 0. The Morgan fingerprint density at radius 3 is 2.96 bits per heavy atom. The number of carbonyl (C=O) groups is 1.